The summed E-state index contributed by atoms with van der Waals surface area (Å²) in [4.78, 5) is 4.25. The number of hydrogen-bond donors (Lipinski definition) is 1. The zero-order valence-electron chi connectivity index (χ0n) is 5.96. The molecule has 4 heteroatoms. The number of nitrogens with one attached hydrogen (secondary N) is 1. The van der Waals surface area contributed by atoms with Crippen molar-refractivity contribution >= 4 is 5.95 Å². The molecule has 0 atom stereocenters. The van der Waals surface area contributed by atoms with E-state index >= 15 is 0 Å². The van der Waals surface area contributed by atoms with E-state index < -0.39 is 0 Å². The molecule has 1 aliphatic rings. The minimum Gasteiger partial charge on any atom is -0.353 e. The molecule has 0 unspecified atom stereocenters. The van der Waals surface area contributed by atoms with Gasteiger partial charge >= 0.3 is 0 Å². The average molecular weight is 138 g/mol. The highest BCUT2D eigenvalue weighted by Crippen LogP contribution is 2.09. The summed E-state index contributed by atoms with van der Waals surface area (Å²) in [7, 11) is 0. The predicted octanol–water partition coefficient (Wildman–Crippen LogP) is 0.266. The lowest BCUT2D eigenvalue weighted by molar-refractivity contribution is 0.680. The van der Waals surface area contributed by atoms with Crippen molar-refractivity contribution in [3.63, 3.8) is 0 Å². The van der Waals surface area contributed by atoms with E-state index in [-0.39, 0.29) is 0 Å². The number of rotatable bonds is 1. The van der Waals surface area contributed by atoms with E-state index in [9.17, 15) is 0 Å². The molecule has 54 valence electrons. The maximum atomic E-state index is 4.25. The van der Waals surface area contributed by atoms with Gasteiger partial charge in [-0.25, -0.2) is 4.68 Å². The largest absolute Gasteiger partial charge is 0.353 e. The summed E-state index contributed by atoms with van der Waals surface area (Å²) in [6.45, 7) is 3.99. The lowest BCUT2D eigenvalue weighted by atomic mass is 10.5. The first-order valence-electron chi connectivity index (χ1n) is 3.57. The minimum atomic E-state index is 0.918. The van der Waals surface area contributed by atoms with Gasteiger partial charge in [0.15, 0.2) is 5.82 Å². The average Bonchev–Trinajstić information content (AvgIpc) is 2.42. The van der Waals surface area contributed by atoms with Gasteiger partial charge in [0.25, 0.3) is 0 Å². The molecule has 1 aliphatic heterocycles. The molecule has 1 aromatic rings. The zero-order chi connectivity index (χ0) is 6.97. The molecule has 0 amide bonds. The molecule has 1 N–H and O–H groups in total. The number of fused-ring (bicyclic) bond motifs is 1. The minimum absolute atomic E-state index is 0.918. The second kappa shape index (κ2) is 1.97. The molecule has 2 heterocycles. The van der Waals surface area contributed by atoms with Crippen LogP contribution in [0.25, 0.3) is 0 Å². The van der Waals surface area contributed by atoms with Gasteiger partial charge in [-0.15, -0.1) is 0 Å². The number of aryl methyl sites for hydroxylation is 1. The smallest absolute Gasteiger partial charge is 0.221 e. The Bertz CT molecular complexity index is 218. The maximum absolute atomic E-state index is 4.25. The molecule has 4 nitrogen and oxygen atoms in total. The summed E-state index contributed by atoms with van der Waals surface area (Å²) in [6, 6.07) is 0. The Morgan fingerprint density at radius 3 is 3.30 bits per heavy atom. The van der Waals surface area contributed by atoms with Crippen LogP contribution < -0.4 is 5.32 Å². The predicted molar refractivity (Wildman–Crippen MR) is 37.9 cm³/mol. The third-order valence-corrected chi connectivity index (χ3v) is 1.64. The molecule has 0 spiro atoms. The standard InChI is InChI=1S/C6H10N4/c1-2-5-8-6-7-3-4-10(6)9-5/h2-4H2,1H3,(H,7,8,9). The first-order valence-corrected chi connectivity index (χ1v) is 3.57. The number of hydrogen-bond acceptors (Lipinski definition) is 3. The van der Waals surface area contributed by atoms with Gasteiger partial charge in [0.05, 0.1) is 6.54 Å². The van der Waals surface area contributed by atoms with Crippen molar-refractivity contribution in [3.05, 3.63) is 5.82 Å². The molecule has 10 heavy (non-hydrogen) atoms. The van der Waals surface area contributed by atoms with E-state index in [4.69, 9.17) is 0 Å². The maximum Gasteiger partial charge on any atom is 0.221 e. The molecule has 0 aromatic carbocycles. The van der Waals surface area contributed by atoms with E-state index in [1.54, 1.807) is 0 Å². The molecule has 2 rings (SSSR count). The molecule has 0 saturated heterocycles. The summed E-state index contributed by atoms with van der Waals surface area (Å²) < 4.78 is 1.92. The highest BCUT2D eigenvalue weighted by Gasteiger charge is 2.12. The monoisotopic (exact) mass is 138 g/mol. The Labute approximate surface area is 59.3 Å². The van der Waals surface area contributed by atoms with Crippen molar-refractivity contribution in [1.29, 1.82) is 0 Å². The third kappa shape index (κ3) is 0.683. The van der Waals surface area contributed by atoms with Gasteiger partial charge in [-0.2, -0.15) is 10.1 Å². The number of nitrogens with zero attached hydrogens (tertiary/aromatic N) is 3. The van der Waals surface area contributed by atoms with Gasteiger partial charge in [-0.05, 0) is 0 Å². The van der Waals surface area contributed by atoms with Gasteiger partial charge in [0, 0.05) is 13.0 Å². The van der Waals surface area contributed by atoms with Crippen LogP contribution in [0.15, 0.2) is 0 Å². The molecular formula is C6H10N4. The van der Waals surface area contributed by atoms with Crippen molar-refractivity contribution in [2.24, 2.45) is 0 Å². The second-order valence-corrected chi connectivity index (χ2v) is 2.36. The quantitative estimate of drug-likeness (QED) is 0.605. The van der Waals surface area contributed by atoms with Crippen LogP contribution in [0.2, 0.25) is 0 Å². The van der Waals surface area contributed by atoms with Crippen LogP contribution >= 0.6 is 0 Å². The molecule has 0 fully saturated rings. The van der Waals surface area contributed by atoms with Crippen LogP contribution in [-0.4, -0.2) is 21.3 Å². The fourth-order valence-electron chi connectivity index (χ4n) is 1.10. The van der Waals surface area contributed by atoms with E-state index in [1.165, 1.54) is 0 Å². The van der Waals surface area contributed by atoms with Gasteiger partial charge < -0.3 is 5.32 Å². The van der Waals surface area contributed by atoms with Crippen LogP contribution in [0, 0.1) is 0 Å². The Morgan fingerprint density at radius 2 is 2.60 bits per heavy atom. The molecular weight excluding hydrogens is 128 g/mol. The van der Waals surface area contributed by atoms with E-state index in [2.05, 4.69) is 22.3 Å². The summed E-state index contributed by atoms with van der Waals surface area (Å²) in [5.74, 6) is 1.86. The molecule has 0 bridgehead atoms. The van der Waals surface area contributed by atoms with E-state index in [1.807, 2.05) is 4.68 Å². The van der Waals surface area contributed by atoms with Gasteiger partial charge in [-0.3, -0.25) is 0 Å². The Balaban J connectivity index is 2.37. The van der Waals surface area contributed by atoms with E-state index in [0.29, 0.717) is 0 Å². The van der Waals surface area contributed by atoms with Crippen molar-refractivity contribution in [2.45, 2.75) is 19.9 Å². The van der Waals surface area contributed by atoms with Crippen molar-refractivity contribution < 1.29 is 0 Å². The fourth-order valence-corrected chi connectivity index (χ4v) is 1.10. The first kappa shape index (κ1) is 5.70. The summed E-state index contributed by atoms with van der Waals surface area (Å²) >= 11 is 0. The normalized spacial score (nSPS) is 14.9. The molecule has 0 saturated carbocycles. The highest BCUT2D eigenvalue weighted by molar-refractivity contribution is 5.28. The molecule has 0 aliphatic carbocycles. The van der Waals surface area contributed by atoms with Crippen LogP contribution in [0.5, 0.6) is 0 Å². The SMILES string of the molecule is CCc1nc2n(n1)CCN2. The molecule has 0 radical (unpaired) electrons. The Morgan fingerprint density at radius 1 is 1.70 bits per heavy atom. The highest BCUT2D eigenvalue weighted by atomic mass is 15.4. The van der Waals surface area contributed by atoms with Crippen LogP contribution in [0.4, 0.5) is 5.95 Å². The zero-order valence-corrected chi connectivity index (χ0v) is 5.96. The van der Waals surface area contributed by atoms with Gasteiger partial charge in [0.2, 0.25) is 5.95 Å². The van der Waals surface area contributed by atoms with Crippen LogP contribution in [-0.2, 0) is 13.0 Å². The Hall–Kier alpha value is -1.06. The first-order chi connectivity index (χ1) is 4.90. The summed E-state index contributed by atoms with van der Waals surface area (Å²) in [5, 5.41) is 7.40. The van der Waals surface area contributed by atoms with Crippen molar-refractivity contribution in [3.8, 4) is 0 Å². The lowest BCUT2D eigenvalue weighted by Crippen LogP contribution is -1.98. The third-order valence-electron chi connectivity index (χ3n) is 1.64. The van der Waals surface area contributed by atoms with E-state index in [0.717, 1.165) is 31.3 Å². The number of aromatic nitrogens is 3. The topological polar surface area (TPSA) is 42.7 Å². The van der Waals surface area contributed by atoms with Gasteiger partial charge in [-0.1, -0.05) is 6.92 Å². The van der Waals surface area contributed by atoms with Crippen molar-refractivity contribution in [1.82, 2.24) is 14.8 Å². The van der Waals surface area contributed by atoms with Crippen molar-refractivity contribution in [2.75, 3.05) is 11.9 Å². The number of anilines is 1. The Kier molecular flexibility index (Phi) is 1.12. The van der Waals surface area contributed by atoms with Crippen LogP contribution in [0.3, 0.4) is 0 Å². The fraction of sp³-hybridized carbons (Fsp3) is 0.667. The van der Waals surface area contributed by atoms with Crippen LogP contribution in [0.1, 0.15) is 12.7 Å². The summed E-state index contributed by atoms with van der Waals surface area (Å²) in [6.07, 6.45) is 0.918. The lowest BCUT2D eigenvalue weighted by Gasteiger charge is -1.86. The second-order valence-electron chi connectivity index (χ2n) is 2.36. The summed E-state index contributed by atoms with van der Waals surface area (Å²) in [5.41, 5.74) is 0. The van der Waals surface area contributed by atoms with Gasteiger partial charge in [0.1, 0.15) is 0 Å². The molecule has 1 aromatic heterocycles.